The summed E-state index contributed by atoms with van der Waals surface area (Å²) in [6, 6.07) is 0.370. The maximum Gasteiger partial charge on any atom is 0.108 e. The van der Waals surface area contributed by atoms with E-state index in [4.69, 9.17) is 9.78 Å². The molecular formula is C7H17NO2. The van der Waals surface area contributed by atoms with Crippen LogP contribution < -0.4 is 5.32 Å². The number of hydrogen-bond donors (Lipinski definition) is 1. The van der Waals surface area contributed by atoms with Crippen LogP contribution >= 0.6 is 0 Å². The van der Waals surface area contributed by atoms with Gasteiger partial charge in [-0.15, -0.1) is 0 Å². The highest BCUT2D eigenvalue weighted by atomic mass is 17.2. The van der Waals surface area contributed by atoms with E-state index in [0.717, 1.165) is 0 Å². The summed E-state index contributed by atoms with van der Waals surface area (Å²) in [5, 5.41) is 3.06. The molecule has 1 saturated heterocycles. The molecule has 0 amide bonds. The summed E-state index contributed by atoms with van der Waals surface area (Å²) >= 11 is 0. The van der Waals surface area contributed by atoms with Gasteiger partial charge in [0.05, 0.1) is 6.04 Å². The van der Waals surface area contributed by atoms with Crippen LogP contribution in [0.3, 0.4) is 0 Å². The fourth-order valence-corrected chi connectivity index (χ4v) is 0.741. The van der Waals surface area contributed by atoms with Gasteiger partial charge in [-0.2, -0.15) is 0 Å². The summed E-state index contributed by atoms with van der Waals surface area (Å²) in [5.74, 6) is 0. The van der Waals surface area contributed by atoms with Crippen molar-refractivity contribution < 1.29 is 9.78 Å². The minimum Gasteiger partial charge on any atom is -0.312 e. The van der Waals surface area contributed by atoms with Crippen LogP contribution in [0.25, 0.3) is 0 Å². The van der Waals surface area contributed by atoms with E-state index in [1.165, 1.54) is 0 Å². The van der Waals surface area contributed by atoms with Gasteiger partial charge in [0.1, 0.15) is 12.7 Å². The third kappa shape index (κ3) is 2.64. The second kappa shape index (κ2) is 5.65. The Balaban J connectivity index is 0.000000371. The summed E-state index contributed by atoms with van der Waals surface area (Å²) in [5.41, 5.74) is 0. The normalized spacial score (nSPS) is 31.2. The molecule has 0 radical (unpaired) electrons. The monoisotopic (exact) mass is 147 g/mol. The highest BCUT2D eigenvalue weighted by Gasteiger charge is 2.23. The van der Waals surface area contributed by atoms with Crippen molar-refractivity contribution in [1.29, 1.82) is 0 Å². The molecule has 10 heavy (non-hydrogen) atoms. The maximum absolute atomic E-state index is 4.79. The van der Waals surface area contributed by atoms with Gasteiger partial charge in [-0.25, -0.2) is 9.78 Å². The van der Waals surface area contributed by atoms with Gasteiger partial charge in [-0.05, 0) is 14.0 Å². The van der Waals surface area contributed by atoms with Crippen molar-refractivity contribution >= 4 is 0 Å². The molecule has 0 saturated carbocycles. The first-order valence-electron chi connectivity index (χ1n) is 3.80. The SMILES string of the molecule is CC.CNC1COOC1C. The summed E-state index contributed by atoms with van der Waals surface area (Å²) in [6.07, 6.45) is 0.194. The molecule has 0 aromatic heterocycles. The minimum atomic E-state index is 0.194. The molecular weight excluding hydrogens is 130 g/mol. The van der Waals surface area contributed by atoms with E-state index in [0.29, 0.717) is 12.6 Å². The molecule has 0 bridgehead atoms. The van der Waals surface area contributed by atoms with Gasteiger partial charge in [0.15, 0.2) is 0 Å². The average molecular weight is 147 g/mol. The lowest BCUT2D eigenvalue weighted by molar-refractivity contribution is -0.270. The van der Waals surface area contributed by atoms with Gasteiger partial charge in [-0.3, -0.25) is 0 Å². The van der Waals surface area contributed by atoms with Crippen LogP contribution in [0, 0.1) is 0 Å². The van der Waals surface area contributed by atoms with Crippen LogP contribution in [0.4, 0.5) is 0 Å². The molecule has 1 heterocycles. The van der Waals surface area contributed by atoms with Crippen molar-refractivity contribution in [1.82, 2.24) is 5.32 Å². The molecule has 62 valence electrons. The van der Waals surface area contributed by atoms with Gasteiger partial charge in [0.2, 0.25) is 0 Å². The van der Waals surface area contributed by atoms with E-state index in [-0.39, 0.29) is 6.10 Å². The fourth-order valence-electron chi connectivity index (χ4n) is 0.741. The van der Waals surface area contributed by atoms with Crippen molar-refractivity contribution in [3.05, 3.63) is 0 Å². The van der Waals surface area contributed by atoms with E-state index in [2.05, 4.69) is 5.32 Å². The quantitative estimate of drug-likeness (QED) is 0.560. The number of likely N-dealkylation sites (N-methyl/N-ethyl adjacent to an activating group) is 1. The topological polar surface area (TPSA) is 30.5 Å². The lowest BCUT2D eigenvalue weighted by atomic mass is 10.2. The third-order valence-corrected chi connectivity index (χ3v) is 1.40. The Morgan fingerprint density at radius 2 is 2.00 bits per heavy atom. The molecule has 1 rings (SSSR count). The van der Waals surface area contributed by atoms with Crippen LogP contribution in [0.5, 0.6) is 0 Å². The zero-order valence-electron chi connectivity index (χ0n) is 7.18. The molecule has 1 fully saturated rings. The molecule has 3 heteroatoms. The number of rotatable bonds is 1. The highest BCUT2D eigenvalue weighted by molar-refractivity contribution is 4.72. The first kappa shape index (κ1) is 9.88. The van der Waals surface area contributed by atoms with E-state index in [1.54, 1.807) is 0 Å². The van der Waals surface area contributed by atoms with Crippen LogP contribution in [-0.2, 0) is 9.78 Å². The zero-order chi connectivity index (χ0) is 7.98. The maximum atomic E-state index is 4.79. The smallest absolute Gasteiger partial charge is 0.108 e. The van der Waals surface area contributed by atoms with Crippen LogP contribution in [-0.4, -0.2) is 25.8 Å². The van der Waals surface area contributed by atoms with Gasteiger partial charge < -0.3 is 5.32 Å². The second-order valence-electron chi connectivity index (χ2n) is 1.98. The van der Waals surface area contributed by atoms with Gasteiger partial charge in [0, 0.05) is 0 Å². The van der Waals surface area contributed by atoms with Crippen molar-refractivity contribution in [2.75, 3.05) is 13.7 Å². The Hall–Kier alpha value is -0.120. The van der Waals surface area contributed by atoms with E-state index in [1.807, 2.05) is 27.8 Å². The molecule has 2 unspecified atom stereocenters. The summed E-state index contributed by atoms with van der Waals surface area (Å²) in [7, 11) is 1.90. The first-order valence-corrected chi connectivity index (χ1v) is 3.80. The van der Waals surface area contributed by atoms with Gasteiger partial charge in [-0.1, -0.05) is 13.8 Å². The molecule has 3 nitrogen and oxygen atoms in total. The van der Waals surface area contributed by atoms with Gasteiger partial charge >= 0.3 is 0 Å². The molecule has 2 atom stereocenters. The summed E-state index contributed by atoms with van der Waals surface area (Å²) < 4.78 is 0. The molecule has 0 aromatic carbocycles. The van der Waals surface area contributed by atoms with Crippen LogP contribution in [0.15, 0.2) is 0 Å². The molecule has 1 aliphatic heterocycles. The second-order valence-corrected chi connectivity index (χ2v) is 1.98. The Morgan fingerprint density at radius 3 is 2.20 bits per heavy atom. The third-order valence-electron chi connectivity index (χ3n) is 1.40. The average Bonchev–Trinajstić information content (AvgIpc) is 2.39. The van der Waals surface area contributed by atoms with Crippen molar-refractivity contribution in [2.24, 2.45) is 0 Å². The lowest BCUT2D eigenvalue weighted by Crippen LogP contribution is -2.33. The predicted octanol–water partition coefficient (Wildman–Crippen LogP) is 0.951. The Labute approximate surface area is 62.6 Å². The van der Waals surface area contributed by atoms with Crippen molar-refractivity contribution in [2.45, 2.75) is 32.9 Å². The van der Waals surface area contributed by atoms with E-state index < -0.39 is 0 Å². The van der Waals surface area contributed by atoms with E-state index >= 15 is 0 Å². The Bertz CT molecular complexity index is 78.0. The number of nitrogens with one attached hydrogen (secondary N) is 1. The molecule has 1 aliphatic rings. The Kier molecular flexibility index (Phi) is 5.58. The van der Waals surface area contributed by atoms with Crippen molar-refractivity contribution in [3.8, 4) is 0 Å². The molecule has 0 spiro atoms. The highest BCUT2D eigenvalue weighted by Crippen LogP contribution is 2.07. The minimum absolute atomic E-state index is 0.194. The number of hydrogen-bond acceptors (Lipinski definition) is 3. The molecule has 0 aliphatic carbocycles. The van der Waals surface area contributed by atoms with Crippen LogP contribution in [0.1, 0.15) is 20.8 Å². The summed E-state index contributed by atoms with van der Waals surface area (Å²) in [4.78, 5) is 9.49. The Morgan fingerprint density at radius 1 is 1.40 bits per heavy atom. The largest absolute Gasteiger partial charge is 0.312 e. The standard InChI is InChI=1S/C5H11NO2.C2H6/c1-4-5(6-2)3-7-8-4;1-2/h4-6H,3H2,1-2H3;1-2H3. The predicted molar refractivity (Wildman–Crippen MR) is 40.7 cm³/mol. The summed E-state index contributed by atoms with van der Waals surface area (Å²) in [6.45, 7) is 6.64. The fraction of sp³-hybridized carbons (Fsp3) is 1.00. The van der Waals surface area contributed by atoms with Crippen LogP contribution in [0.2, 0.25) is 0 Å². The first-order chi connectivity index (χ1) is 4.84. The van der Waals surface area contributed by atoms with Crippen molar-refractivity contribution in [3.63, 3.8) is 0 Å². The van der Waals surface area contributed by atoms with E-state index in [9.17, 15) is 0 Å². The molecule has 0 aromatic rings. The zero-order valence-corrected chi connectivity index (χ0v) is 7.18. The molecule has 1 N–H and O–H groups in total. The lowest BCUT2D eigenvalue weighted by Gasteiger charge is -2.07. The van der Waals surface area contributed by atoms with Gasteiger partial charge in [0.25, 0.3) is 0 Å².